The lowest BCUT2D eigenvalue weighted by Crippen LogP contribution is -2.36. The van der Waals surface area contributed by atoms with Crippen molar-refractivity contribution in [2.75, 3.05) is 13.1 Å². The van der Waals surface area contributed by atoms with Gasteiger partial charge in [-0.1, -0.05) is 0 Å². The van der Waals surface area contributed by atoms with Crippen LogP contribution in [0.3, 0.4) is 0 Å². The number of carboxylic acids is 1. The van der Waals surface area contributed by atoms with Crippen LogP contribution in [0.4, 0.5) is 0 Å². The summed E-state index contributed by atoms with van der Waals surface area (Å²) in [6, 6.07) is 0.385. The molecule has 0 aromatic heterocycles. The van der Waals surface area contributed by atoms with Crippen LogP contribution >= 0.6 is 0 Å². The molecule has 0 radical (unpaired) electrons. The lowest BCUT2D eigenvalue weighted by atomic mass is 10.0. The Morgan fingerprint density at radius 1 is 1.31 bits per heavy atom. The van der Waals surface area contributed by atoms with E-state index in [1.807, 2.05) is 0 Å². The van der Waals surface area contributed by atoms with E-state index < -0.39 is 11.6 Å². The van der Waals surface area contributed by atoms with Gasteiger partial charge in [0.05, 0.1) is 5.60 Å². The molecule has 0 unspecified atom stereocenters. The molecule has 4 heteroatoms. The quantitative estimate of drug-likeness (QED) is 0.668. The zero-order valence-electron chi connectivity index (χ0n) is 10.9. The summed E-state index contributed by atoms with van der Waals surface area (Å²) in [5, 5.41) is 18.2. The van der Waals surface area contributed by atoms with E-state index in [0.29, 0.717) is 18.9 Å². The van der Waals surface area contributed by atoms with Crippen LogP contribution in [0.25, 0.3) is 0 Å². The zero-order valence-corrected chi connectivity index (χ0v) is 10.9. The Balaban J connectivity index is 3.94. The molecule has 0 heterocycles. The SMILES string of the molecule is CC(C)N(CCCC(=O)O)CCC(C)(C)O. The van der Waals surface area contributed by atoms with Crippen molar-refractivity contribution < 1.29 is 15.0 Å². The fourth-order valence-electron chi connectivity index (χ4n) is 1.48. The number of aliphatic hydroxyl groups is 1. The Morgan fingerprint density at radius 3 is 2.25 bits per heavy atom. The minimum Gasteiger partial charge on any atom is -0.481 e. The van der Waals surface area contributed by atoms with Gasteiger partial charge >= 0.3 is 5.97 Å². The molecule has 0 fully saturated rings. The van der Waals surface area contributed by atoms with Crippen LogP contribution in [0, 0.1) is 0 Å². The van der Waals surface area contributed by atoms with E-state index >= 15 is 0 Å². The maximum absolute atomic E-state index is 10.4. The van der Waals surface area contributed by atoms with Gasteiger partial charge in [-0.2, -0.15) is 0 Å². The average molecular weight is 231 g/mol. The highest BCUT2D eigenvalue weighted by molar-refractivity contribution is 5.66. The van der Waals surface area contributed by atoms with Crippen LogP contribution in [-0.2, 0) is 4.79 Å². The number of aliphatic carboxylic acids is 1. The summed E-state index contributed by atoms with van der Waals surface area (Å²) in [6.07, 6.45) is 1.59. The Labute approximate surface area is 98.3 Å². The van der Waals surface area contributed by atoms with Gasteiger partial charge in [-0.15, -0.1) is 0 Å². The average Bonchev–Trinajstić information content (AvgIpc) is 2.07. The van der Waals surface area contributed by atoms with Crippen LogP contribution < -0.4 is 0 Å². The second kappa shape index (κ2) is 6.86. The van der Waals surface area contributed by atoms with E-state index in [-0.39, 0.29) is 6.42 Å². The Kier molecular flexibility index (Phi) is 6.60. The Morgan fingerprint density at radius 2 is 1.88 bits per heavy atom. The van der Waals surface area contributed by atoms with Crippen molar-refractivity contribution >= 4 is 5.97 Å². The molecule has 0 aromatic rings. The molecule has 0 aliphatic heterocycles. The summed E-state index contributed by atoms with van der Waals surface area (Å²) in [7, 11) is 0. The van der Waals surface area contributed by atoms with Gasteiger partial charge in [-0.25, -0.2) is 0 Å². The summed E-state index contributed by atoms with van der Waals surface area (Å²) >= 11 is 0. The lowest BCUT2D eigenvalue weighted by molar-refractivity contribution is -0.137. The van der Waals surface area contributed by atoms with Gasteiger partial charge in [0.15, 0.2) is 0 Å². The number of nitrogens with zero attached hydrogens (tertiary/aromatic N) is 1. The van der Waals surface area contributed by atoms with Gasteiger partial charge in [0.2, 0.25) is 0 Å². The van der Waals surface area contributed by atoms with E-state index in [1.165, 1.54) is 0 Å². The van der Waals surface area contributed by atoms with Crippen molar-refractivity contribution in [3.05, 3.63) is 0 Å². The van der Waals surface area contributed by atoms with Crippen molar-refractivity contribution in [1.29, 1.82) is 0 Å². The smallest absolute Gasteiger partial charge is 0.303 e. The van der Waals surface area contributed by atoms with Crippen molar-refractivity contribution in [3.8, 4) is 0 Å². The maximum atomic E-state index is 10.4. The highest BCUT2D eigenvalue weighted by Gasteiger charge is 2.16. The standard InChI is InChI=1S/C12H25NO3/c1-10(2)13(8-5-6-11(14)15)9-7-12(3,4)16/h10,16H,5-9H2,1-4H3,(H,14,15). The lowest BCUT2D eigenvalue weighted by Gasteiger charge is -2.29. The van der Waals surface area contributed by atoms with Gasteiger partial charge < -0.3 is 15.1 Å². The maximum Gasteiger partial charge on any atom is 0.303 e. The van der Waals surface area contributed by atoms with Crippen molar-refractivity contribution in [2.45, 2.75) is 58.6 Å². The fourth-order valence-corrected chi connectivity index (χ4v) is 1.48. The molecule has 0 spiro atoms. The summed E-state index contributed by atoms with van der Waals surface area (Å²) in [4.78, 5) is 12.6. The molecule has 0 rings (SSSR count). The third kappa shape index (κ3) is 8.68. The fraction of sp³-hybridized carbons (Fsp3) is 0.917. The third-order valence-corrected chi connectivity index (χ3v) is 2.58. The first-order chi connectivity index (χ1) is 7.22. The summed E-state index contributed by atoms with van der Waals surface area (Å²) in [6.45, 7) is 9.35. The molecule has 16 heavy (non-hydrogen) atoms. The minimum absolute atomic E-state index is 0.214. The second-order valence-corrected chi connectivity index (χ2v) is 5.19. The summed E-state index contributed by atoms with van der Waals surface area (Å²) in [5.41, 5.74) is -0.653. The molecule has 4 nitrogen and oxygen atoms in total. The molecule has 0 atom stereocenters. The molecule has 0 aliphatic carbocycles. The number of carboxylic acid groups (broad SMARTS) is 1. The topological polar surface area (TPSA) is 60.8 Å². The predicted molar refractivity (Wildman–Crippen MR) is 64.5 cm³/mol. The number of carbonyl (C=O) groups is 1. The molecular weight excluding hydrogens is 206 g/mol. The number of hydrogen-bond acceptors (Lipinski definition) is 3. The Bertz CT molecular complexity index is 209. The molecule has 0 saturated heterocycles. The molecule has 0 aromatic carbocycles. The second-order valence-electron chi connectivity index (χ2n) is 5.19. The summed E-state index contributed by atoms with van der Waals surface area (Å²) in [5.74, 6) is -0.744. The molecule has 0 bridgehead atoms. The van der Waals surface area contributed by atoms with Gasteiger partial charge in [0, 0.05) is 19.0 Å². The molecule has 0 saturated carbocycles. The van der Waals surface area contributed by atoms with E-state index in [0.717, 1.165) is 13.1 Å². The van der Waals surface area contributed by atoms with Crippen LogP contribution in [0.5, 0.6) is 0 Å². The van der Waals surface area contributed by atoms with Crippen molar-refractivity contribution in [1.82, 2.24) is 4.90 Å². The molecule has 96 valence electrons. The number of rotatable bonds is 8. The first kappa shape index (κ1) is 15.4. The molecule has 0 aliphatic rings. The highest BCUT2D eigenvalue weighted by atomic mass is 16.4. The molecular formula is C12H25NO3. The van der Waals surface area contributed by atoms with Crippen molar-refractivity contribution in [3.63, 3.8) is 0 Å². The van der Waals surface area contributed by atoms with Gasteiger partial charge in [0.25, 0.3) is 0 Å². The van der Waals surface area contributed by atoms with E-state index in [2.05, 4.69) is 18.7 Å². The van der Waals surface area contributed by atoms with Crippen molar-refractivity contribution in [2.24, 2.45) is 0 Å². The first-order valence-corrected chi connectivity index (χ1v) is 5.90. The Hall–Kier alpha value is -0.610. The van der Waals surface area contributed by atoms with E-state index in [9.17, 15) is 9.90 Å². The predicted octanol–water partition coefficient (Wildman–Crippen LogP) is 1.72. The van der Waals surface area contributed by atoms with Gasteiger partial charge in [0.1, 0.15) is 0 Å². The molecule has 0 amide bonds. The monoisotopic (exact) mass is 231 g/mol. The minimum atomic E-state index is -0.744. The highest BCUT2D eigenvalue weighted by Crippen LogP contribution is 2.11. The largest absolute Gasteiger partial charge is 0.481 e. The number of hydrogen-bond donors (Lipinski definition) is 2. The van der Waals surface area contributed by atoms with Gasteiger partial charge in [-0.3, -0.25) is 4.79 Å². The van der Waals surface area contributed by atoms with Crippen LogP contribution in [0.2, 0.25) is 0 Å². The third-order valence-electron chi connectivity index (χ3n) is 2.58. The summed E-state index contributed by atoms with van der Waals surface area (Å²) < 4.78 is 0. The van der Waals surface area contributed by atoms with Crippen LogP contribution in [0.15, 0.2) is 0 Å². The van der Waals surface area contributed by atoms with E-state index in [1.54, 1.807) is 13.8 Å². The normalized spacial score (nSPS) is 12.4. The van der Waals surface area contributed by atoms with Gasteiger partial charge in [-0.05, 0) is 47.1 Å². The van der Waals surface area contributed by atoms with Crippen LogP contribution in [0.1, 0.15) is 47.0 Å². The van der Waals surface area contributed by atoms with E-state index in [4.69, 9.17) is 5.11 Å². The molecule has 2 N–H and O–H groups in total. The first-order valence-electron chi connectivity index (χ1n) is 5.90. The van der Waals surface area contributed by atoms with Crippen LogP contribution in [-0.4, -0.2) is 45.8 Å². The zero-order chi connectivity index (χ0) is 12.8.